The first-order valence-corrected chi connectivity index (χ1v) is 5.43. The van der Waals surface area contributed by atoms with Gasteiger partial charge in [-0.1, -0.05) is 0 Å². The van der Waals surface area contributed by atoms with E-state index < -0.39 is 5.97 Å². The molecular weight excluding hydrogens is 252 g/mol. The van der Waals surface area contributed by atoms with Crippen LogP contribution in [0.3, 0.4) is 0 Å². The van der Waals surface area contributed by atoms with Gasteiger partial charge in [-0.15, -0.1) is 10.2 Å². The zero-order chi connectivity index (χ0) is 13.8. The number of aromatic nitrogens is 2. The average Bonchev–Trinajstić information content (AvgIpc) is 2.82. The van der Waals surface area contributed by atoms with E-state index in [2.05, 4.69) is 10.2 Å². The van der Waals surface area contributed by atoms with E-state index in [0.717, 1.165) is 0 Å². The van der Waals surface area contributed by atoms with E-state index in [1.54, 1.807) is 13.0 Å². The van der Waals surface area contributed by atoms with Gasteiger partial charge in [-0.2, -0.15) is 0 Å². The van der Waals surface area contributed by atoms with Crippen molar-refractivity contribution < 1.29 is 23.8 Å². The normalized spacial score (nSPS) is 10.2. The Balaban J connectivity index is 2.17. The smallest absolute Gasteiger partial charge is 0.339 e. The number of carboxylic acid groups (broad SMARTS) is 1. The molecule has 0 spiro atoms. The summed E-state index contributed by atoms with van der Waals surface area (Å²) in [5, 5.41) is 16.5. The third-order valence-corrected chi connectivity index (χ3v) is 2.34. The number of ether oxygens (including phenoxy) is 2. The monoisotopic (exact) mass is 264 g/mol. The number of nitrogens with zero attached hydrogens (tertiary/aromatic N) is 2. The van der Waals surface area contributed by atoms with E-state index in [1.807, 2.05) is 0 Å². The summed E-state index contributed by atoms with van der Waals surface area (Å²) in [6.45, 7) is 1.67. The van der Waals surface area contributed by atoms with Crippen LogP contribution in [0.1, 0.15) is 22.1 Å². The minimum atomic E-state index is -1.10. The molecule has 0 aliphatic heterocycles. The van der Waals surface area contributed by atoms with Crippen LogP contribution < -0.4 is 9.47 Å². The summed E-state index contributed by atoms with van der Waals surface area (Å²) in [5.74, 6) is 0.259. The highest BCUT2D eigenvalue weighted by molar-refractivity contribution is 5.91. The molecule has 0 radical (unpaired) electrons. The van der Waals surface area contributed by atoms with Crippen molar-refractivity contribution in [3.63, 3.8) is 0 Å². The van der Waals surface area contributed by atoms with Gasteiger partial charge in [0.25, 0.3) is 5.89 Å². The van der Waals surface area contributed by atoms with Crippen molar-refractivity contribution in [2.24, 2.45) is 0 Å². The van der Waals surface area contributed by atoms with Crippen LogP contribution in [0.25, 0.3) is 0 Å². The van der Waals surface area contributed by atoms with Gasteiger partial charge in [0.15, 0.2) is 6.61 Å². The molecule has 0 amide bonds. The number of carbonyl (C=O) groups is 1. The quantitative estimate of drug-likeness (QED) is 0.877. The van der Waals surface area contributed by atoms with Crippen LogP contribution >= 0.6 is 0 Å². The standard InChI is InChI=1S/C12H12N2O5/c1-7-13-14-11(19-7)6-18-10-4-3-8(17-2)5-9(10)12(15)16/h3-5H,6H2,1-2H3,(H,15,16). The largest absolute Gasteiger partial charge is 0.497 e. The predicted molar refractivity (Wildman–Crippen MR) is 63.3 cm³/mol. The Morgan fingerprint density at radius 1 is 1.42 bits per heavy atom. The van der Waals surface area contributed by atoms with Gasteiger partial charge >= 0.3 is 5.97 Å². The lowest BCUT2D eigenvalue weighted by Gasteiger charge is -2.08. The second-order valence-corrected chi connectivity index (χ2v) is 3.67. The summed E-state index contributed by atoms with van der Waals surface area (Å²) in [4.78, 5) is 11.1. The molecule has 100 valence electrons. The number of hydrogen-bond donors (Lipinski definition) is 1. The SMILES string of the molecule is COc1ccc(OCc2nnc(C)o2)c(C(=O)O)c1. The zero-order valence-corrected chi connectivity index (χ0v) is 10.4. The molecule has 0 aliphatic rings. The third-order valence-electron chi connectivity index (χ3n) is 2.34. The van der Waals surface area contributed by atoms with Gasteiger partial charge in [-0.25, -0.2) is 4.79 Å². The van der Waals surface area contributed by atoms with Gasteiger partial charge in [0.1, 0.15) is 17.1 Å². The fourth-order valence-corrected chi connectivity index (χ4v) is 1.46. The first-order chi connectivity index (χ1) is 9.10. The summed E-state index contributed by atoms with van der Waals surface area (Å²) in [6.07, 6.45) is 0. The molecule has 0 aliphatic carbocycles. The Morgan fingerprint density at radius 3 is 2.79 bits per heavy atom. The molecule has 0 unspecified atom stereocenters. The van der Waals surface area contributed by atoms with Crippen molar-refractivity contribution in [3.8, 4) is 11.5 Å². The number of rotatable bonds is 5. The minimum absolute atomic E-state index is 0.00739. The van der Waals surface area contributed by atoms with Crippen molar-refractivity contribution in [2.45, 2.75) is 13.5 Å². The third kappa shape index (κ3) is 3.01. The molecule has 1 aromatic heterocycles. The second-order valence-electron chi connectivity index (χ2n) is 3.67. The summed E-state index contributed by atoms with van der Waals surface area (Å²) in [6, 6.07) is 4.52. The van der Waals surface area contributed by atoms with Crippen LogP contribution in [0, 0.1) is 6.92 Å². The Labute approximate surface area is 108 Å². The molecule has 2 aromatic rings. The van der Waals surface area contributed by atoms with Crippen LogP contribution in [-0.2, 0) is 6.61 Å². The lowest BCUT2D eigenvalue weighted by Crippen LogP contribution is -2.04. The highest BCUT2D eigenvalue weighted by Crippen LogP contribution is 2.24. The highest BCUT2D eigenvalue weighted by Gasteiger charge is 2.14. The lowest BCUT2D eigenvalue weighted by molar-refractivity contribution is 0.0690. The van der Waals surface area contributed by atoms with E-state index in [9.17, 15) is 4.79 Å². The number of aryl methyl sites for hydroxylation is 1. The van der Waals surface area contributed by atoms with E-state index in [0.29, 0.717) is 11.6 Å². The molecule has 0 bridgehead atoms. The maximum atomic E-state index is 11.1. The maximum Gasteiger partial charge on any atom is 0.339 e. The van der Waals surface area contributed by atoms with Crippen LogP contribution in [-0.4, -0.2) is 28.4 Å². The summed E-state index contributed by atoms with van der Waals surface area (Å²) >= 11 is 0. The molecular formula is C12H12N2O5. The predicted octanol–water partition coefficient (Wildman–Crippen LogP) is 1.66. The van der Waals surface area contributed by atoms with E-state index in [4.69, 9.17) is 19.0 Å². The Bertz CT molecular complexity index is 594. The molecule has 0 saturated heterocycles. The first kappa shape index (κ1) is 12.9. The summed E-state index contributed by atoms with van der Waals surface area (Å²) < 4.78 is 15.5. The molecule has 19 heavy (non-hydrogen) atoms. The van der Waals surface area contributed by atoms with Crippen molar-refractivity contribution >= 4 is 5.97 Å². The van der Waals surface area contributed by atoms with Crippen molar-refractivity contribution in [1.82, 2.24) is 10.2 Å². The number of methoxy groups -OCH3 is 1. The van der Waals surface area contributed by atoms with E-state index in [1.165, 1.54) is 19.2 Å². The number of carboxylic acids is 1. The fraction of sp³-hybridized carbons (Fsp3) is 0.250. The Morgan fingerprint density at radius 2 is 2.21 bits per heavy atom. The van der Waals surface area contributed by atoms with Gasteiger partial charge in [-0.05, 0) is 18.2 Å². The molecule has 0 fully saturated rings. The first-order valence-electron chi connectivity index (χ1n) is 5.43. The molecule has 2 rings (SSSR count). The number of aromatic carboxylic acids is 1. The van der Waals surface area contributed by atoms with Gasteiger partial charge in [0.2, 0.25) is 5.89 Å². The van der Waals surface area contributed by atoms with Gasteiger partial charge in [-0.3, -0.25) is 0 Å². The van der Waals surface area contributed by atoms with Crippen molar-refractivity contribution in [3.05, 3.63) is 35.5 Å². The highest BCUT2D eigenvalue weighted by atomic mass is 16.5. The lowest BCUT2D eigenvalue weighted by atomic mass is 10.2. The second kappa shape index (κ2) is 5.38. The van der Waals surface area contributed by atoms with E-state index in [-0.39, 0.29) is 23.8 Å². The summed E-state index contributed by atoms with van der Waals surface area (Å²) in [5.41, 5.74) is 0.00980. The molecule has 7 heteroatoms. The molecule has 1 heterocycles. The molecule has 1 aromatic carbocycles. The van der Waals surface area contributed by atoms with Crippen molar-refractivity contribution in [2.75, 3.05) is 7.11 Å². The molecule has 7 nitrogen and oxygen atoms in total. The van der Waals surface area contributed by atoms with Crippen LogP contribution in [0.4, 0.5) is 0 Å². The Kier molecular flexibility index (Phi) is 3.65. The number of hydrogen-bond acceptors (Lipinski definition) is 6. The van der Waals surface area contributed by atoms with Crippen LogP contribution in [0.15, 0.2) is 22.6 Å². The van der Waals surface area contributed by atoms with E-state index >= 15 is 0 Å². The maximum absolute atomic E-state index is 11.1. The van der Waals surface area contributed by atoms with Crippen molar-refractivity contribution in [1.29, 1.82) is 0 Å². The average molecular weight is 264 g/mol. The summed E-state index contributed by atoms with van der Waals surface area (Å²) in [7, 11) is 1.46. The fourth-order valence-electron chi connectivity index (χ4n) is 1.46. The molecule has 1 N–H and O–H groups in total. The van der Waals surface area contributed by atoms with Gasteiger partial charge in [0, 0.05) is 6.92 Å². The molecule has 0 saturated carbocycles. The minimum Gasteiger partial charge on any atom is -0.497 e. The van der Waals surface area contributed by atoms with Gasteiger partial charge < -0.3 is 19.0 Å². The number of benzene rings is 1. The Hall–Kier alpha value is -2.57. The molecule has 0 atom stereocenters. The van der Waals surface area contributed by atoms with Gasteiger partial charge in [0.05, 0.1) is 7.11 Å². The topological polar surface area (TPSA) is 94.7 Å². The van der Waals surface area contributed by atoms with Crippen LogP contribution in [0.2, 0.25) is 0 Å². The van der Waals surface area contributed by atoms with Crippen LogP contribution in [0.5, 0.6) is 11.5 Å². The zero-order valence-electron chi connectivity index (χ0n) is 10.4.